The van der Waals surface area contributed by atoms with Crippen molar-refractivity contribution in [1.29, 1.82) is 0 Å². The van der Waals surface area contributed by atoms with Crippen LogP contribution in [0.25, 0.3) is 0 Å². The van der Waals surface area contributed by atoms with Crippen molar-refractivity contribution in [2.24, 2.45) is 5.41 Å². The molecule has 0 spiro atoms. The quantitative estimate of drug-likeness (QED) is 0.745. The first-order chi connectivity index (χ1) is 7.53. The maximum absolute atomic E-state index is 11.5. The minimum absolute atomic E-state index is 0.0215. The lowest BCUT2D eigenvalue weighted by Gasteiger charge is -2.49. The van der Waals surface area contributed by atoms with Crippen molar-refractivity contribution >= 4 is 12.0 Å². The topological polar surface area (TPSA) is 69.6 Å². The molecule has 0 saturated carbocycles. The van der Waals surface area contributed by atoms with Crippen molar-refractivity contribution in [1.82, 2.24) is 10.2 Å². The fraction of sp³-hybridized carbons (Fsp3) is 0.818. The van der Waals surface area contributed by atoms with E-state index in [-0.39, 0.29) is 19.0 Å². The average Bonchev–Trinajstić information content (AvgIpc) is 2.17. The third-order valence-corrected chi connectivity index (χ3v) is 3.45. The van der Waals surface area contributed by atoms with E-state index in [9.17, 15) is 9.59 Å². The second-order valence-electron chi connectivity index (χ2n) is 4.44. The summed E-state index contributed by atoms with van der Waals surface area (Å²) >= 11 is 0. The molecule has 1 rings (SSSR count). The Balaban J connectivity index is 2.24. The number of hydrogen-bond acceptors (Lipinski definition) is 2. The van der Waals surface area contributed by atoms with Crippen LogP contribution in [0.1, 0.15) is 33.1 Å². The highest BCUT2D eigenvalue weighted by Crippen LogP contribution is 2.36. The standard InChI is InChI=1S/C11H20N2O3/c1-3-11(4-2)7-13(8-11)10(16)12-6-5-9(14)15/h3-8H2,1-2H3,(H,12,16)(H,14,15). The summed E-state index contributed by atoms with van der Waals surface area (Å²) in [6.45, 7) is 6.07. The first-order valence-electron chi connectivity index (χ1n) is 5.77. The van der Waals surface area contributed by atoms with Crippen molar-refractivity contribution in [2.75, 3.05) is 19.6 Å². The molecule has 92 valence electrons. The summed E-state index contributed by atoms with van der Waals surface area (Å²) in [6.07, 6.45) is 2.15. The lowest BCUT2D eigenvalue weighted by atomic mass is 9.75. The van der Waals surface area contributed by atoms with E-state index in [2.05, 4.69) is 19.2 Å². The Bertz CT molecular complexity index is 266. The number of likely N-dealkylation sites (tertiary alicyclic amines) is 1. The summed E-state index contributed by atoms with van der Waals surface area (Å²) < 4.78 is 0. The summed E-state index contributed by atoms with van der Waals surface area (Å²) in [5.74, 6) is -0.889. The van der Waals surface area contributed by atoms with Gasteiger partial charge in [-0.15, -0.1) is 0 Å². The summed E-state index contributed by atoms with van der Waals surface area (Å²) in [7, 11) is 0. The van der Waals surface area contributed by atoms with Gasteiger partial charge in [-0.3, -0.25) is 4.79 Å². The van der Waals surface area contributed by atoms with E-state index in [1.165, 1.54) is 0 Å². The van der Waals surface area contributed by atoms with Gasteiger partial charge in [-0.2, -0.15) is 0 Å². The molecular weight excluding hydrogens is 208 g/mol. The smallest absolute Gasteiger partial charge is 0.317 e. The Morgan fingerprint density at radius 1 is 1.31 bits per heavy atom. The lowest BCUT2D eigenvalue weighted by molar-refractivity contribution is -0.136. The van der Waals surface area contributed by atoms with Crippen LogP contribution in [-0.2, 0) is 4.79 Å². The Morgan fingerprint density at radius 3 is 2.31 bits per heavy atom. The summed E-state index contributed by atoms with van der Waals surface area (Å²) in [6, 6.07) is -0.140. The van der Waals surface area contributed by atoms with Gasteiger partial charge in [0, 0.05) is 25.0 Å². The molecule has 0 aromatic carbocycles. The Morgan fingerprint density at radius 2 is 1.88 bits per heavy atom. The molecule has 1 aliphatic heterocycles. The molecule has 16 heavy (non-hydrogen) atoms. The second kappa shape index (κ2) is 5.18. The maximum atomic E-state index is 11.5. The van der Waals surface area contributed by atoms with Gasteiger partial charge >= 0.3 is 12.0 Å². The van der Waals surface area contributed by atoms with Gasteiger partial charge in [0.1, 0.15) is 0 Å². The summed E-state index contributed by atoms with van der Waals surface area (Å²) in [5, 5.41) is 11.0. The van der Waals surface area contributed by atoms with Gasteiger partial charge in [0.15, 0.2) is 0 Å². The lowest BCUT2D eigenvalue weighted by Crippen LogP contribution is -2.60. The van der Waals surface area contributed by atoms with E-state index in [1.54, 1.807) is 4.90 Å². The van der Waals surface area contributed by atoms with E-state index in [0.29, 0.717) is 5.41 Å². The van der Waals surface area contributed by atoms with Crippen LogP contribution in [0.15, 0.2) is 0 Å². The third kappa shape index (κ3) is 2.87. The molecule has 5 nitrogen and oxygen atoms in total. The van der Waals surface area contributed by atoms with E-state index in [1.807, 2.05) is 0 Å². The number of carboxylic acids is 1. The Hall–Kier alpha value is -1.26. The molecule has 0 aromatic rings. The minimum atomic E-state index is -0.889. The molecule has 0 atom stereocenters. The normalized spacial score (nSPS) is 17.8. The highest BCUT2D eigenvalue weighted by molar-refractivity contribution is 5.76. The fourth-order valence-electron chi connectivity index (χ4n) is 1.99. The number of urea groups is 1. The van der Waals surface area contributed by atoms with Gasteiger partial charge in [0.2, 0.25) is 0 Å². The van der Waals surface area contributed by atoms with Gasteiger partial charge in [0.25, 0.3) is 0 Å². The van der Waals surface area contributed by atoms with Crippen LogP contribution in [0.3, 0.4) is 0 Å². The molecular formula is C11H20N2O3. The molecule has 5 heteroatoms. The van der Waals surface area contributed by atoms with Gasteiger partial charge in [-0.05, 0) is 12.8 Å². The molecule has 1 fully saturated rings. The fourth-order valence-corrected chi connectivity index (χ4v) is 1.99. The van der Waals surface area contributed by atoms with Crippen LogP contribution in [0.2, 0.25) is 0 Å². The summed E-state index contributed by atoms with van der Waals surface area (Å²) in [4.78, 5) is 23.6. The molecule has 1 saturated heterocycles. The molecule has 0 radical (unpaired) electrons. The first-order valence-corrected chi connectivity index (χ1v) is 5.77. The number of carboxylic acid groups (broad SMARTS) is 1. The van der Waals surface area contributed by atoms with Crippen LogP contribution in [0, 0.1) is 5.41 Å². The number of rotatable bonds is 5. The predicted molar refractivity (Wildman–Crippen MR) is 60.2 cm³/mol. The van der Waals surface area contributed by atoms with Gasteiger partial charge in [0.05, 0.1) is 6.42 Å². The second-order valence-corrected chi connectivity index (χ2v) is 4.44. The van der Waals surface area contributed by atoms with Crippen LogP contribution < -0.4 is 5.32 Å². The van der Waals surface area contributed by atoms with Crippen molar-refractivity contribution in [3.63, 3.8) is 0 Å². The van der Waals surface area contributed by atoms with Gasteiger partial charge < -0.3 is 15.3 Å². The molecule has 1 heterocycles. The van der Waals surface area contributed by atoms with Crippen LogP contribution in [-0.4, -0.2) is 41.6 Å². The number of nitrogens with one attached hydrogen (secondary N) is 1. The van der Waals surface area contributed by atoms with Crippen molar-refractivity contribution in [3.05, 3.63) is 0 Å². The number of amides is 2. The van der Waals surface area contributed by atoms with Crippen molar-refractivity contribution < 1.29 is 14.7 Å². The number of aliphatic carboxylic acids is 1. The molecule has 0 aromatic heterocycles. The number of nitrogens with zero attached hydrogens (tertiary/aromatic N) is 1. The summed E-state index contributed by atoms with van der Waals surface area (Å²) in [5.41, 5.74) is 0.296. The Labute approximate surface area is 95.8 Å². The zero-order valence-electron chi connectivity index (χ0n) is 9.95. The highest BCUT2D eigenvalue weighted by atomic mass is 16.4. The number of carbonyl (C=O) groups is 2. The predicted octanol–water partition coefficient (Wildman–Crippen LogP) is 1.29. The maximum Gasteiger partial charge on any atom is 0.317 e. The van der Waals surface area contributed by atoms with E-state index in [4.69, 9.17) is 5.11 Å². The van der Waals surface area contributed by atoms with Gasteiger partial charge in [-0.1, -0.05) is 13.8 Å². The Kier molecular flexibility index (Phi) is 4.15. The number of hydrogen-bond donors (Lipinski definition) is 2. The van der Waals surface area contributed by atoms with Crippen LogP contribution >= 0.6 is 0 Å². The van der Waals surface area contributed by atoms with Crippen molar-refractivity contribution in [3.8, 4) is 0 Å². The molecule has 0 unspecified atom stereocenters. The van der Waals surface area contributed by atoms with Crippen LogP contribution in [0.4, 0.5) is 4.79 Å². The van der Waals surface area contributed by atoms with Crippen LogP contribution in [0.5, 0.6) is 0 Å². The molecule has 0 bridgehead atoms. The first kappa shape index (κ1) is 12.8. The molecule has 2 amide bonds. The largest absolute Gasteiger partial charge is 0.481 e. The zero-order chi connectivity index (χ0) is 12.2. The van der Waals surface area contributed by atoms with E-state index < -0.39 is 5.97 Å². The van der Waals surface area contributed by atoms with E-state index >= 15 is 0 Å². The third-order valence-electron chi connectivity index (χ3n) is 3.45. The minimum Gasteiger partial charge on any atom is -0.481 e. The van der Waals surface area contributed by atoms with Crippen molar-refractivity contribution in [2.45, 2.75) is 33.1 Å². The highest BCUT2D eigenvalue weighted by Gasteiger charge is 2.41. The number of carbonyl (C=O) groups excluding carboxylic acids is 1. The zero-order valence-corrected chi connectivity index (χ0v) is 9.95. The van der Waals surface area contributed by atoms with E-state index in [0.717, 1.165) is 25.9 Å². The monoisotopic (exact) mass is 228 g/mol. The van der Waals surface area contributed by atoms with Gasteiger partial charge in [-0.25, -0.2) is 4.79 Å². The SMILES string of the molecule is CCC1(CC)CN(C(=O)NCCC(=O)O)C1. The molecule has 2 N–H and O–H groups in total. The average molecular weight is 228 g/mol. The molecule has 1 aliphatic rings. The molecule has 0 aliphatic carbocycles.